The van der Waals surface area contributed by atoms with Crippen LogP contribution in [0.2, 0.25) is 0 Å². The second kappa shape index (κ2) is 6.41. The molecule has 0 saturated heterocycles. The van der Waals surface area contributed by atoms with Gasteiger partial charge in [0.15, 0.2) is 0 Å². The van der Waals surface area contributed by atoms with E-state index in [-0.39, 0.29) is 0 Å². The van der Waals surface area contributed by atoms with Gasteiger partial charge in [0, 0.05) is 0 Å². The van der Waals surface area contributed by atoms with Crippen molar-refractivity contribution < 1.29 is 0 Å². The summed E-state index contributed by atoms with van der Waals surface area (Å²) in [7, 11) is 0. The van der Waals surface area contributed by atoms with E-state index >= 15 is 0 Å². The topological polar surface area (TPSA) is 0 Å². The lowest BCUT2D eigenvalue weighted by atomic mass is 10.2. The number of hydrogen-bond acceptors (Lipinski definition) is 0. The molecule has 12 heavy (non-hydrogen) atoms. The molecule has 0 aromatic carbocycles. The van der Waals surface area contributed by atoms with Crippen LogP contribution in [0.5, 0.6) is 0 Å². The van der Waals surface area contributed by atoms with E-state index < -0.39 is 0 Å². The SMILES string of the molecule is C1=C\C=C\C/C=C/C/C=C/C=C/1. The van der Waals surface area contributed by atoms with Crippen molar-refractivity contribution in [1.82, 2.24) is 0 Å². The second-order valence-corrected chi connectivity index (χ2v) is 2.57. The van der Waals surface area contributed by atoms with E-state index in [1.807, 2.05) is 24.3 Å². The molecule has 0 heteroatoms. The van der Waals surface area contributed by atoms with Crippen LogP contribution in [0.25, 0.3) is 0 Å². The molecule has 1 aliphatic carbocycles. The lowest BCUT2D eigenvalue weighted by molar-refractivity contribution is 1.31. The highest BCUT2D eigenvalue weighted by atomic mass is 13.8. The zero-order valence-corrected chi connectivity index (χ0v) is 7.19. The van der Waals surface area contributed by atoms with Crippen LogP contribution in [-0.4, -0.2) is 0 Å². The third-order valence-corrected chi connectivity index (χ3v) is 1.54. The third-order valence-electron chi connectivity index (χ3n) is 1.54. The second-order valence-electron chi connectivity index (χ2n) is 2.57. The highest BCUT2D eigenvalue weighted by molar-refractivity contribution is 5.16. The lowest BCUT2D eigenvalue weighted by Crippen LogP contribution is -1.62. The Kier molecular flexibility index (Phi) is 4.70. The van der Waals surface area contributed by atoms with Crippen molar-refractivity contribution in [3.05, 3.63) is 60.8 Å². The van der Waals surface area contributed by atoms with Crippen LogP contribution in [0.1, 0.15) is 12.8 Å². The first-order valence-electron chi connectivity index (χ1n) is 4.30. The summed E-state index contributed by atoms with van der Waals surface area (Å²) in [5.41, 5.74) is 0. The number of rotatable bonds is 0. The molecular formula is C12H14. The Bertz CT molecular complexity index is 211. The van der Waals surface area contributed by atoms with Crippen LogP contribution in [-0.2, 0) is 0 Å². The summed E-state index contributed by atoms with van der Waals surface area (Å²) in [4.78, 5) is 0. The van der Waals surface area contributed by atoms with Crippen LogP contribution >= 0.6 is 0 Å². The largest absolute Gasteiger partial charge is 0.0844 e. The van der Waals surface area contributed by atoms with Gasteiger partial charge in [-0.1, -0.05) is 60.8 Å². The predicted octanol–water partition coefficient (Wildman–Crippen LogP) is 3.56. The van der Waals surface area contributed by atoms with Crippen molar-refractivity contribution in [2.45, 2.75) is 12.8 Å². The molecule has 62 valence electrons. The zero-order chi connectivity index (χ0) is 8.49. The number of allylic oxidation sites excluding steroid dienone is 10. The van der Waals surface area contributed by atoms with Crippen molar-refractivity contribution in [3.8, 4) is 0 Å². The quantitative estimate of drug-likeness (QED) is 0.473. The van der Waals surface area contributed by atoms with Gasteiger partial charge in [-0.25, -0.2) is 0 Å². The first-order chi connectivity index (χ1) is 6.00. The highest BCUT2D eigenvalue weighted by Gasteiger charge is 1.72. The van der Waals surface area contributed by atoms with Gasteiger partial charge in [-0.2, -0.15) is 0 Å². The molecule has 0 fully saturated rings. The summed E-state index contributed by atoms with van der Waals surface area (Å²) < 4.78 is 0. The van der Waals surface area contributed by atoms with E-state index in [1.165, 1.54) is 0 Å². The van der Waals surface area contributed by atoms with Crippen LogP contribution < -0.4 is 0 Å². The normalized spacial score (nSPS) is 30.7. The van der Waals surface area contributed by atoms with Gasteiger partial charge < -0.3 is 0 Å². The summed E-state index contributed by atoms with van der Waals surface area (Å²) in [6, 6.07) is 0. The molecule has 0 spiro atoms. The summed E-state index contributed by atoms with van der Waals surface area (Å²) in [6.07, 6.45) is 23.0. The van der Waals surface area contributed by atoms with Crippen molar-refractivity contribution in [1.29, 1.82) is 0 Å². The van der Waals surface area contributed by atoms with Crippen LogP contribution in [0, 0.1) is 0 Å². The van der Waals surface area contributed by atoms with Crippen LogP contribution in [0.3, 0.4) is 0 Å². The van der Waals surface area contributed by atoms with Gasteiger partial charge in [0.25, 0.3) is 0 Å². The molecule has 1 aliphatic rings. The van der Waals surface area contributed by atoms with E-state index in [2.05, 4.69) is 36.5 Å². The van der Waals surface area contributed by atoms with E-state index in [0.717, 1.165) is 12.8 Å². The fourth-order valence-corrected chi connectivity index (χ4v) is 0.920. The van der Waals surface area contributed by atoms with E-state index in [9.17, 15) is 0 Å². The van der Waals surface area contributed by atoms with Gasteiger partial charge in [0.1, 0.15) is 0 Å². The highest BCUT2D eigenvalue weighted by Crippen LogP contribution is 1.93. The minimum Gasteiger partial charge on any atom is -0.0844 e. The first kappa shape index (κ1) is 8.79. The van der Waals surface area contributed by atoms with Crippen LogP contribution in [0.4, 0.5) is 0 Å². The smallest absolute Gasteiger partial charge is 0.0166 e. The molecule has 1 rings (SSSR count). The molecule has 0 radical (unpaired) electrons. The summed E-state index contributed by atoms with van der Waals surface area (Å²) >= 11 is 0. The molecule has 0 atom stereocenters. The monoisotopic (exact) mass is 158 g/mol. The molecule has 0 aliphatic heterocycles. The summed E-state index contributed by atoms with van der Waals surface area (Å²) in [6.45, 7) is 0. The maximum absolute atomic E-state index is 2.18. The van der Waals surface area contributed by atoms with Crippen molar-refractivity contribution in [3.63, 3.8) is 0 Å². The molecule has 0 saturated carbocycles. The Morgan fingerprint density at radius 1 is 0.417 bits per heavy atom. The number of hydrogen-bond donors (Lipinski definition) is 0. The van der Waals surface area contributed by atoms with Crippen LogP contribution in [0.15, 0.2) is 60.8 Å². The van der Waals surface area contributed by atoms with Crippen molar-refractivity contribution >= 4 is 0 Å². The third kappa shape index (κ3) is 4.51. The van der Waals surface area contributed by atoms with Gasteiger partial charge in [-0.05, 0) is 12.8 Å². The molecule has 0 N–H and O–H groups in total. The van der Waals surface area contributed by atoms with Gasteiger partial charge >= 0.3 is 0 Å². The van der Waals surface area contributed by atoms with Gasteiger partial charge in [-0.15, -0.1) is 0 Å². The van der Waals surface area contributed by atoms with Gasteiger partial charge in [-0.3, -0.25) is 0 Å². The average Bonchev–Trinajstić information content (AvgIpc) is 2.05. The van der Waals surface area contributed by atoms with E-state index in [1.54, 1.807) is 0 Å². The van der Waals surface area contributed by atoms with Crippen molar-refractivity contribution in [2.24, 2.45) is 0 Å². The fraction of sp³-hybridized carbons (Fsp3) is 0.167. The molecule has 0 amide bonds. The summed E-state index contributed by atoms with van der Waals surface area (Å²) in [5, 5.41) is 0. The Morgan fingerprint density at radius 3 is 1.33 bits per heavy atom. The average molecular weight is 158 g/mol. The molecule has 0 bridgehead atoms. The Labute approximate surface area is 74.3 Å². The maximum atomic E-state index is 2.18. The van der Waals surface area contributed by atoms with E-state index in [0.29, 0.717) is 0 Å². The molecule has 0 heterocycles. The predicted molar refractivity (Wildman–Crippen MR) is 54.9 cm³/mol. The molecule has 0 aromatic rings. The molecule has 0 unspecified atom stereocenters. The standard InChI is InChI=1S/C12H14/c1-2-4-6-8-10-12-11-9-7-5-3-1/h1-8,11-12H,9-10H2/b3-1-,4-2+,7-5+,8-6+,12-11+. The van der Waals surface area contributed by atoms with Gasteiger partial charge in [0.2, 0.25) is 0 Å². The first-order valence-corrected chi connectivity index (χ1v) is 4.30. The van der Waals surface area contributed by atoms with Crippen molar-refractivity contribution in [2.75, 3.05) is 0 Å². The zero-order valence-electron chi connectivity index (χ0n) is 7.19. The lowest BCUT2D eigenvalue weighted by Gasteiger charge is -1.83. The van der Waals surface area contributed by atoms with E-state index in [4.69, 9.17) is 0 Å². The molecular weight excluding hydrogens is 144 g/mol. The minimum absolute atomic E-state index is 1.03. The van der Waals surface area contributed by atoms with Gasteiger partial charge in [0.05, 0.1) is 0 Å². The Hall–Kier alpha value is -1.30. The Balaban J connectivity index is 2.55. The molecule has 0 aromatic heterocycles. The minimum atomic E-state index is 1.03. The fourth-order valence-electron chi connectivity index (χ4n) is 0.920. The summed E-state index contributed by atoms with van der Waals surface area (Å²) in [5.74, 6) is 0. The Morgan fingerprint density at radius 2 is 0.833 bits per heavy atom. The maximum Gasteiger partial charge on any atom is -0.0166 e. The molecule has 0 nitrogen and oxygen atoms in total.